The van der Waals surface area contributed by atoms with Crippen LogP contribution < -0.4 is 10.3 Å². The number of aryl methyl sites for hydroxylation is 1. The number of rotatable bonds is 3. The van der Waals surface area contributed by atoms with Gasteiger partial charge in [0.05, 0.1) is 24.0 Å². The third-order valence-corrected chi connectivity index (χ3v) is 5.04. The van der Waals surface area contributed by atoms with E-state index < -0.39 is 0 Å². The van der Waals surface area contributed by atoms with Crippen LogP contribution in [0.15, 0.2) is 64.0 Å². The van der Waals surface area contributed by atoms with Gasteiger partial charge in [0, 0.05) is 6.42 Å². The Bertz CT molecular complexity index is 1030. The fourth-order valence-electron chi connectivity index (χ4n) is 3.55. The van der Waals surface area contributed by atoms with E-state index in [0.29, 0.717) is 17.5 Å². The molecule has 0 saturated carbocycles. The Kier molecular flexibility index (Phi) is 4.43. The fraction of sp³-hybridized carbons (Fsp3) is 0.227. The van der Waals surface area contributed by atoms with E-state index in [0.717, 1.165) is 36.2 Å². The van der Waals surface area contributed by atoms with E-state index in [4.69, 9.17) is 4.42 Å². The van der Waals surface area contributed by atoms with Crippen molar-refractivity contribution in [2.24, 2.45) is 0 Å². The minimum absolute atomic E-state index is 0.0655. The van der Waals surface area contributed by atoms with Crippen LogP contribution in [0.1, 0.15) is 23.1 Å². The van der Waals surface area contributed by atoms with Gasteiger partial charge in [0.1, 0.15) is 24.2 Å². The Morgan fingerprint density at radius 1 is 1.15 bits per heavy atom. The predicted molar refractivity (Wildman–Crippen MR) is 101 cm³/mol. The molecule has 4 heteroatoms. The maximum absolute atomic E-state index is 13.1. The lowest BCUT2D eigenvalue weighted by molar-refractivity contribution is -0.909. The predicted octanol–water partition coefficient (Wildman–Crippen LogP) is 3.11. The standard InChI is InChI=1S/C22H20FNO2/c1-15-2-7-21-20(12-15)22(25)18(14-26-21)13-24-10-8-17(9-11-24)16-3-5-19(23)6-4-16/h2-8,12,14H,9-11,13H2,1H3/p+1. The highest BCUT2D eigenvalue weighted by Gasteiger charge is 2.19. The lowest BCUT2D eigenvalue weighted by Gasteiger charge is -2.23. The molecule has 0 amide bonds. The molecule has 1 N–H and O–H groups in total. The summed E-state index contributed by atoms with van der Waals surface area (Å²) in [5.41, 5.74) is 4.80. The second kappa shape index (κ2) is 6.89. The first-order chi connectivity index (χ1) is 12.6. The van der Waals surface area contributed by atoms with Crippen molar-refractivity contribution in [2.45, 2.75) is 19.9 Å². The highest BCUT2D eigenvalue weighted by Crippen LogP contribution is 2.19. The summed E-state index contributed by atoms with van der Waals surface area (Å²) in [7, 11) is 0. The van der Waals surface area contributed by atoms with Crippen molar-refractivity contribution in [3.8, 4) is 0 Å². The van der Waals surface area contributed by atoms with Crippen molar-refractivity contribution in [1.29, 1.82) is 0 Å². The summed E-state index contributed by atoms with van der Waals surface area (Å²) in [6.07, 6.45) is 4.71. The Morgan fingerprint density at radius 2 is 1.96 bits per heavy atom. The lowest BCUT2D eigenvalue weighted by Crippen LogP contribution is -3.11. The molecule has 2 heterocycles. The van der Waals surface area contributed by atoms with Gasteiger partial charge >= 0.3 is 0 Å². The van der Waals surface area contributed by atoms with Crippen LogP contribution in [0.2, 0.25) is 0 Å². The van der Waals surface area contributed by atoms with Crippen molar-refractivity contribution < 1.29 is 13.7 Å². The van der Waals surface area contributed by atoms with E-state index in [2.05, 4.69) is 6.08 Å². The number of quaternary nitrogens is 1. The average Bonchev–Trinajstić information content (AvgIpc) is 2.66. The van der Waals surface area contributed by atoms with E-state index in [-0.39, 0.29) is 11.2 Å². The molecule has 132 valence electrons. The SMILES string of the molecule is Cc1ccc2occ(C[NH+]3CC=C(c4ccc(F)cc4)CC3)c(=O)c2c1. The molecule has 4 rings (SSSR count). The maximum atomic E-state index is 13.1. The van der Waals surface area contributed by atoms with Crippen LogP contribution in [0.5, 0.6) is 0 Å². The summed E-state index contributed by atoms with van der Waals surface area (Å²) in [5, 5.41) is 0.654. The molecule has 1 unspecified atom stereocenters. The molecule has 0 spiro atoms. The van der Waals surface area contributed by atoms with Gasteiger partial charge in [-0.3, -0.25) is 4.79 Å². The Morgan fingerprint density at radius 3 is 2.69 bits per heavy atom. The van der Waals surface area contributed by atoms with Crippen LogP contribution in [0.3, 0.4) is 0 Å². The summed E-state index contributed by atoms with van der Waals surface area (Å²) in [4.78, 5) is 14.1. The van der Waals surface area contributed by atoms with E-state index >= 15 is 0 Å². The third-order valence-electron chi connectivity index (χ3n) is 5.04. The summed E-state index contributed by atoms with van der Waals surface area (Å²) >= 11 is 0. The van der Waals surface area contributed by atoms with E-state index in [9.17, 15) is 9.18 Å². The second-order valence-electron chi connectivity index (χ2n) is 6.96. The van der Waals surface area contributed by atoms with Crippen molar-refractivity contribution in [3.05, 3.63) is 87.5 Å². The van der Waals surface area contributed by atoms with Crippen LogP contribution in [0.4, 0.5) is 4.39 Å². The van der Waals surface area contributed by atoms with E-state index in [1.807, 2.05) is 37.3 Å². The number of hydrogen-bond acceptors (Lipinski definition) is 2. The molecule has 0 aliphatic carbocycles. The van der Waals surface area contributed by atoms with Crippen molar-refractivity contribution in [2.75, 3.05) is 13.1 Å². The summed E-state index contributed by atoms with van der Waals surface area (Å²) in [5.74, 6) is -0.212. The normalized spacial score (nSPS) is 17.3. The van der Waals surface area contributed by atoms with Gasteiger partial charge in [0.2, 0.25) is 5.43 Å². The quantitative estimate of drug-likeness (QED) is 0.788. The highest BCUT2D eigenvalue weighted by molar-refractivity contribution is 5.77. The molecule has 1 atom stereocenters. The number of nitrogens with one attached hydrogen (secondary N) is 1. The molecule has 1 aliphatic heterocycles. The average molecular weight is 350 g/mol. The Labute approximate surface area is 151 Å². The summed E-state index contributed by atoms with van der Waals surface area (Å²) < 4.78 is 18.7. The lowest BCUT2D eigenvalue weighted by atomic mass is 9.99. The van der Waals surface area contributed by atoms with Crippen molar-refractivity contribution in [3.63, 3.8) is 0 Å². The van der Waals surface area contributed by atoms with Crippen molar-refractivity contribution in [1.82, 2.24) is 0 Å². The van der Waals surface area contributed by atoms with Crippen LogP contribution in [0, 0.1) is 12.7 Å². The largest absolute Gasteiger partial charge is 0.464 e. The molecular weight excluding hydrogens is 329 g/mol. The molecule has 0 fully saturated rings. The van der Waals surface area contributed by atoms with Crippen LogP contribution in [-0.2, 0) is 6.54 Å². The molecule has 26 heavy (non-hydrogen) atoms. The zero-order valence-corrected chi connectivity index (χ0v) is 14.7. The van der Waals surface area contributed by atoms with Gasteiger partial charge in [-0.25, -0.2) is 4.39 Å². The number of halogens is 1. The van der Waals surface area contributed by atoms with Gasteiger partial charge in [-0.15, -0.1) is 0 Å². The maximum Gasteiger partial charge on any atom is 0.201 e. The molecule has 0 radical (unpaired) electrons. The monoisotopic (exact) mass is 350 g/mol. The number of fused-ring (bicyclic) bond motifs is 1. The van der Waals surface area contributed by atoms with Gasteiger partial charge in [0.25, 0.3) is 0 Å². The topological polar surface area (TPSA) is 34.7 Å². The first-order valence-corrected chi connectivity index (χ1v) is 8.90. The first-order valence-electron chi connectivity index (χ1n) is 8.90. The third kappa shape index (κ3) is 3.33. The molecule has 0 bridgehead atoms. The number of benzene rings is 2. The minimum atomic E-state index is -0.212. The van der Waals surface area contributed by atoms with Crippen LogP contribution >= 0.6 is 0 Å². The van der Waals surface area contributed by atoms with Gasteiger partial charge in [-0.05, 0) is 48.4 Å². The van der Waals surface area contributed by atoms with Gasteiger partial charge in [-0.1, -0.05) is 23.8 Å². The van der Waals surface area contributed by atoms with Crippen LogP contribution in [0.25, 0.3) is 16.5 Å². The first kappa shape index (κ1) is 16.7. The van der Waals surface area contributed by atoms with Crippen LogP contribution in [-0.4, -0.2) is 13.1 Å². The number of hydrogen-bond donors (Lipinski definition) is 1. The minimum Gasteiger partial charge on any atom is -0.464 e. The zero-order valence-electron chi connectivity index (χ0n) is 14.7. The Hall–Kier alpha value is -2.72. The van der Waals surface area contributed by atoms with E-state index in [1.165, 1.54) is 22.6 Å². The zero-order chi connectivity index (χ0) is 18.1. The van der Waals surface area contributed by atoms with Gasteiger partial charge in [-0.2, -0.15) is 0 Å². The summed E-state index contributed by atoms with van der Waals surface area (Å²) in [6, 6.07) is 12.3. The Balaban J connectivity index is 1.52. The highest BCUT2D eigenvalue weighted by atomic mass is 19.1. The van der Waals surface area contributed by atoms with Gasteiger partial charge in [0.15, 0.2) is 0 Å². The summed E-state index contributed by atoms with van der Waals surface area (Å²) in [6.45, 7) is 4.41. The second-order valence-corrected chi connectivity index (χ2v) is 6.96. The fourth-order valence-corrected chi connectivity index (χ4v) is 3.55. The van der Waals surface area contributed by atoms with Crippen molar-refractivity contribution >= 4 is 16.5 Å². The molecule has 0 saturated heterocycles. The molecule has 3 aromatic rings. The smallest absolute Gasteiger partial charge is 0.201 e. The molecule has 3 nitrogen and oxygen atoms in total. The molecule has 2 aromatic carbocycles. The molecule has 1 aliphatic rings. The molecular formula is C22H21FNO2+. The molecule has 1 aromatic heterocycles. The van der Waals surface area contributed by atoms with Gasteiger partial charge < -0.3 is 9.32 Å². The van der Waals surface area contributed by atoms with E-state index in [1.54, 1.807) is 6.26 Å².